The number of anilines is 2. The molecule has 0 saturated carbocycles. The maximum absolute atomic E-state index is 12.1. The molecule has 1 aromatic heterocycles. The van der Waals surface area contributed by atoms with Gasteiger partial charge in [-0.2, -0.15) is 0 Å². The van der Waals surface area contributed by atoms with Crippen LogP contribution in [-0.4, -0.2) is 17.1 Å². The zero-order valence-corrected chi connectivity index (χ0v) is 13.3. The molecule has 0 aliphatic rings. The Morgan fingerprint density at radius 2 is 1.50 bits per heavy atom. The fraction of sp³-hybridized carbons (Fsp3) is 0. The predicted octanol–water partition coefficient (Wildman–Crippen LogP) is 4.76. The first kappa shape index (κ1) is 15.8. The highest BCUT2D eigenvalue weighted by Crippen LogP contribution is 2.35. The van der Waals surface area contributed by atoms with E-state index in [1.807, 2.05) is 36.4 Å². The second-order valence-electron chi connectivity index (χ2n) is 4.97. The van der Waals surface area contributed by atoms with Crippen LogP contribution in [0.5, 0.6) is 0 Å². The van der Waals surface area contributed by atoms with E-state index in [1.54, 1.807) is 29.6 Å². The molecule has 0 unspecified atom stereocenters. The number of carbonyl (C=O) groups is 2. The minimum atomic E-state index is -1.08. The molecular weight excluding hydrogens is 324 g/mol. The summed E-state index contributed by atoms with van der Waals surface area (Å²) in [5.74, 6) is -1.08. The van der Waals surface area contributed by atoms with Crippen molar-refractivity contribution >= 4 is 34.0 Å². The van der Waals surface area contributed by atoms with Gasteiger partial charge in [-0.3, -0.25) is 5.32 Å². The Kier molecular flexibility index (Phi) is 4.58. The third-order valence-electron chi connectivity index (χ3n) is 3.35. The molecule has 5 nitrogen and oxygen atoms in total. The number of hydrogen-bond acceptors (Lipinski definition) is 3. The van der Waals surface area contributed by atoms with E-state index in [2.05, 4.69) is 10.6 Å². The van der Waals surface area contributed by atoms with E-state index in [9.17, 15) is 14.7 Å². The quantitative estimate of drug-likeness (QED) is 0.642. The highest BCUT2D eigenvalue weighted by molar-refractivity contribution is 7.15. The fourth-order valence-corrected chi connectivity index (χ4v) is 3.24. The third-order valence-corrected chi connectivity index (χ3v) is 4.24. The van der Waals surface area contributed by atoms with Crippen LogP contribution in [0.4, 0.5) is 15.5 Å². The van der Waals surface area contributed by atoms with Crippen LogP contribution in [0.15, 0.2) is 66.0 Å². The number of nitrogens with one attached hydrogen (secondary N) is 2. The van der Waals surface area contributed by atoms with Crippen LogP contribution in [0.3, 0.4) is 0 Å². The Morgan fingerprint density at radius 3 is 2.12 bits per heavy atom. The number of urea groups is 1. The smallest absolute Gasteiger partial charge is 0.339 e. The molecule has 2 aromatic carbocycles. The van der Waals surface area contributed by atoms with Gasteiger partial charge in [0.25, 0.3) is 0 Å². The molecule has 0 saturated heterocycles. The molecule has 6 heteroatoms. The lowest BCUT2D eigenvalue weighted by molar-refractivity contribution is 0.0699. The van der Waals surface area contributed by atoms with Crippen LogP contribution in [0, 0.1) is 0 Å². The number of hydrogen-bond donors (Lipinski definition) is 3. The maximum Gasteiger partial charge on any atom is 0.339 e. The first-order valence-corrected chi connectivity index (χ1v) is 8.06. The van der Waals surface area contributed by atoms with Crippen molar-refractivity contribution in [2.45, 2.75) is 0 Å². The molecule has 0 fully saturated rings. The van der Waals surface area contributed by atoms with Crippen molar-refractivity contribution in [2.75, 3.05) is 10.6 Å². The van der Waals surface area contributed by atoms with Gasteiger partial charge in [-0.25, -0.2) is 9.59 Å². The van der Waals surface area contributed by atoms with E-state index in [0.717, 1.165) is 5.56 Å². The summed E-state index contributed by atoms with van der Waals surface area (Å²) in [6, 6.07) is 17.7. The number of benzene rings is 2. The molecule has 0 spiro atoms. The van der Waals surface area contributed by atoms with E-state index in [4.69, 9.17) is 0 Å². The highest BCUT2D eigenvalue weighted by atomic mass is 32.1. The van der Waals surface area contributed by atoms with E-state index in [1.165, 1.54) is 11.3 Å². The summed E-state index contributed by atoms with van der Waals surface area (Å²) in [7, 11) is 0. The molecule has 0 atom stereocenters. The van der Waals surface area contributed by atoms with Crippen LogP contribution in [0.2, 0.25) is 0 Å². The molecule has 0 radical (unpaired) electrons. The first-order chi connectivity index (χ1) is 11.6. The van der Waals surface area contributed by atoms with Gasteiger partial charge in [0.2, 0.25) is 0 Å². The van der Waals surface area contributed by atoms with Crippen molar-refractivity contribution in [3.8, 4) is 11.1 Å². The van der Waals surface area contributed by atoms with E-state index in [-0.39, 0.29) is 5.56 Å². The summed E-state index contributed by atoms with van der Waals surface area (Å²) in [6.07, 6.45) is 0. The summed E-state index contributed by atoms with van der Waals surface area (Å²) in [6.45, 7) is 0. The number of aromatic carboxylic acids is 1. The lowest BCUT2D eigenvalue weighted by Gasteiger charge is -2.07. The van der Waals surface area contributed by atoms with Gasteiger partial charge in [-0.1, -0.05) is 48.5 Å². The lowest BCUT2D eigenvalue weighted by atomic mass is 10.0. The summed E-state index contributed by atoms with van der Waals surface area (Å²) in [5, 5.41) is 16.9. The Balaban J connectivity index is 1.85. The molecule has 24 heavy (non-hydrogen) atoms. The molecule has 120 valence electrons. The Bertz CT molecular complexity index is 860. The van der Waals surface area contributed by atoms with Gasteiger partial charge in [0.1, 0.15) is 10.6 Å². The molecule has 0 aliphatic heterocycles. The largest absolute Gasteiger partial charge is 0.478 e. The molecule has 3 aromatic rings. The predicted molar refractivity (Wildman–Crippen MR) is 95.8 cm³/mol. The Morgan fingerprint density at radius 1 is 0.875 bits per heavy atom. The van der Waals surface area contributed by atoms with Crippen LogP contribution >= 0.6 is 11.3 Å². The summed E-state index contributed by atoms with van der Waals surface area (Å²) < 4.78 is 0. The number of rotatable bonds is 4. The normalized spacial score (nSPS) is 10.2. The van der Waals surface area contributed by atoms with Crippen LogP contribution in [-0.2, 0) is 0 Å². The monoisotopic (exact) mass is 338 g/mol. The molecule has 0 bridgehead atoms. The summed E-state index contributed by atoms with van der Waals surface area (Å²) >= 11 is 1.19. The number of amides is 2. The van der Waals surface area contributed by atoms with Crippen LogP contribution < -0.4 is 10.6 Å². The van der Waals surface area contributed by atoms with Gasteiger partial charge in [-0.15, -0.1) is 11.3 Å². The average Bonchev–Trinajstić information content (AvgIpc) is 3.00. The van der Waals surface area contributed by atoms with Crippen LogP contribution in [0.1, 0.15) is 10.4 Å². The fourth-order valence-electron chi connectivity index (χ4n) is 2.28. The molecular formula is C18H14N2O3S. The lowest BCUT2D eigenvalue weighted by Crippen LogP contribution is -2.20. The highest BCUT2D eigenvalue weighted by Gasteiger charge is 2.20. The zero-order valence-electron chi connectivity index (χ0n) is 12.5. The molecule has 3 N–H and O–H groups in total. The summed E-state index contributed by atoms with van der Waals surface area (Å²) in [5.41, 5.74) is 2.10. The minimum Gasteiger partial charge on any atom is -0.478 e. The van der Waals surface area contributed by atoms with Gasteiger partial charge in [0, 0.05) is 16.6 Å². The van der Waals surface area contributed by atoms with Gasteiger partial charge < -0.3 is 10.4 Å². The van der Waals surface area contributed by atoms with E-state index < -0.39 is 12.0 Å². The molecule has 3 rings (SSSR count). The second kappa shape index (κ2) is 6.97. The van der Waals surface area contributed by atoms with Gasteiger partial charge in [-0.05, 0) is 17.7 Å². The molecule has 2 amide bonds. The third kappa shape index (κ3) is 3.44. The minimum absolute atomic E-state index is 0.0920. The number of carboxylic acids is 1. The second-order valence-corrected chi connectivity index (χ2v) is 5.85. The standard InChI is InChI=1S/C18H14N2O3S/c21-17(22)15-14(12-7-3-1-4-8-12)11-24-16(15)20-18(23)19-13-9-5-2-6-10-13/h1-11H,(H,21,22)(H2,19,20,23). The number of para-hydroxylation sites is 1. The molecule has 1 heterocycles. The van der Waals surface area contributed by atoms with Gasteiger partial charge in [0.05, 0.1) is 0 Å². The van der Waals surface area contributed by atoms with Crippen molar-refractivity contribution in [3.63, 3.8) is 0 Å². The van der Waals surface area contributed by atoms with Gasteiger partial charge in [0.15, 0.2) is 0 Å². The number of thiophene rings is 1. The Labute approximate surface area is 142 Å². The van der Waals surface area contributed by atoms with Crippen molar-refractivity contribution in [2.24, 2.45) is 0 Å². The van der Waals surface area contributed by atoms with Gasteiger partial charge >= 0.3 is 12.0 Å². The van der Waals surface area contributed by atoms with Crippen molar-refractivity contribution in [3.05, 3.63) is 71.6 Å². The molecule has 0 aliphatic carbocycles. The first-order valence-electron chi connectivity index (χ1n) is 7.18. The van der Waals surface area contributed by atoms with Crippen LogP contribution in [0.25, 0.3) is 11.1 Å². The number of carboxylic acid groups (broad SMARTS) is 1. The van der Waals surface area contributed by atoms with Crippen molar-refractivity contribution in [1.29, 1.82) is 0 Å². The SMILES string of the molecule is O=C(Nc1ccccc1)Nc1scc(-c2ccccc2)c1C(=O)O. The van der Waals surface area contributed by atoms with Crippen molar-refractivity contribution < 1.29 is 14.7 Å². The maximum atomic E-state index is 12.1. The average molecular weight is 338 g/mol. The summed E-state index contributed by atoms with van der Waals surface area (Å²) in [4.78, 5) is 23.7. The van der Waals surface area contributed by atoms with E-state index in [0.29, 0.717) is 16.3 Å². The zero-order chi connectivity index (χ0) is 16.9. The topological polar surface area (TPSA) is 78.4 Å². The van der Waals surface area contributed by atoms with Crippen molar-refractivity contribution in [1.82, 2.24) is 0 Å². The Hall–Kier alpha value is -3.12. The van der Waals surface area contributed by atoms with E-state index >= 15 is 0 Å². The number of carbonyl (C=O) groups excluding carboxylic acids is 1.